The summed E-state index contributed by atoms with van der Waals surface area (Å²) < 4.78 is 27.9. The molecule has 1 fully saturated rings. The minimum atomic E-state index is -3.55. The molecule has 1 saturated heterocycles. The first-order valence-electron chi connectivity index (χ1n) is 11.3. The van der Waals surface area contributed by atoms with Gasteiger partial charge in [-0.25, -0.2) is 13.4 Å². The summed E-state index contributed by atoms with van der Waals surface area (Å²) in [5.41, 5.74) is 4.09. The van der Waals surface area contributed by atoms with E-state index in [0.29, 0.717) is 31.1 Å². The number of thiazole rings is 1. The van der Waals surface area contributed by atoms with Crippen LogP contribution in [0.1, 0.15) is 29.7 Å². The second-order valence-corrected chi connectivity index (χ2v) is 11.3. The number of hydrogen-bond acceptors (Lipinski definition) is 6. The third-order valence-corrected chi connectivity index (χ3v) is 9.18. The van der Waals surface area contributed by atoms with E-state index >= 15 is 0 Å². The average molecular weight is 483 g/mol. The number of rotatable bonds is 5. The van der Waals surface area contributed by atoms with Crippen molar-refractivity contribution in [2.75, 3.05) is 26.2 Å². The molecule has 9 heteroatoms. The quantitative estimate of drug-likeness (QED) is 0.558. The molecule has 2 aromatic heterocycles. The third-order valence-electron chi connectivity index (χ3n) is 6.34. The molecule has 0 radical (unpaired) electrons. The van der Waals surface area contributed by atoms with Crippen LogP contribution in [0, 0.1) is 0 Å². The molecule has 3 heterocycles. The molecule has 0 bridgehead atoms. The van der Waals surface area contributed by atoms with Crippen LogP contribution in [0.3, 0.4) is 0 Å². The van der Waals surface area contributed by atoms with Gasteiger partial charge in [0.05, 0.1) is 17.0 Å². The van der Waals surface area contributed by atoms with Crippen molar-refractivity contribution in [3.63, 3.8) is 0 Å². The van der Waals surface area contributed by atoms with E-state index in [1.807, 2.05) is 29.6 Å². The Labute approximate surface area is 198 Å². The van der Waals surface area contributed by atoms with E-state index in [1.165, 1.54) is 27.6 Å². The smallest absolute Gasteiger partial charge is 0.243 e. The predicted octanol–water partition coefficient (Wildman–Crippen LogP) is 3.16. The summed E-state index contributed by atoms with van der Waals surface area (Å²) >= 11 is 1.49. The number of fused-ring (bicyclic) bond motifs is 1. The number of amides is 1. The molecule has 0 spiro atoms. The second kappa shape index (κ2) is 9.32. The highest BCUT2D eigenvalue weighted by Gasteiger charge is 2.31. The van der Waals surface area contributed by atoms with Crippen molar-refractivity contribution in [2.45, 2.75) is 37.0 Å². The fourth-order valence-corrected chi connectivity index (χ4v) is 6.76. The Kier molecular flexibility index (Phi) is 6.27. The Morgan fingerprint density at radius 2 is 1.82 bits per heavy atom. The molecule has 33 heavy (non-hydrogen) atoms. The van der Waals surface area contributed by atoms with Crippen LogP contribution in [-0.4, -0.2) is 59.7 Å². The lowest BCUT2D eigenvalue weighted by molar-refractivity contribution is -0.131. The lowest BCUT2D eigenvalue weighted by atomic mass is 9.92. The summed E-state index contributed by atoms with van der Waals surface area (Å²) in [6.45, 7) is 1.40. The zero-order valence-electron chi connectivity index (χ0n) is 18.3. The van der Waals surface area contributed by atoms with E-state index in [9.17, 15) is 13.2 Å². The van der Waals surface area contributed by atoms with E-state index in [1.54, 1.807) is 23.4 Å². The minimum Gasteiger partial charge on any atom is -0.340 e. The van der Waals surface area contributed by atoms with Crippen molar-refractivity contribution < 1.29 is 13.2 Å². The highest BCUT2D eigenvalue weighted by Crippen LogP contribution is 2.27. The van der Waals surface area contributed by atoms with Crippen LogP contribution >= 0.6 is 11.3 Å². The molecule has 1 aromatic carbocycles. The van der Waals surface area contributed by atoms with Gasteiger partial charge in [-0.1, -0.05) is 6.07 Å². The van der Waals surface area contributed by atoms with Gasteiger partial charge in [-0.05, 0) is 61.1 Å². The fourth-order valence-electron chi connectivity index (χ4n) is 4.47. The summed E-state index contributed by atoms with van der Waals surface area (Å²) in [5.74, 6) is -0.0242. The van der Waals surface area contributed by atoms with Crippen LogP contribution in [0.4, 0.5) is 0 Å². The van der Waals surface area contributed by atoms with E-state index in [0.717, 1.165) is 41.1 Å². The molecule has 1 aliphatic carbocycles. The Hall–Kier alpha value is -2.62. The number of nitrogens with zero attached hydrogens (tertiary/aromatic N) is 4. The van der Waals surface area contributed by atoms with Gasteiger partial charge < -0.3 is 4.90 Å². The first kappa shape index (κ1) is 22.2. The van der Waals surface area contributed by atoms with E-state index < -0.39 is 10.0 Å². The van der Waals surface area contributed by atoms with Crippen LogP contribution in [0.5, 0.6) is 0 Å². The highest BCUT2D eigenvalue weighted by molar-refractivity contribution is 7.89. The first-order valence-corrected chi connectivity index (χ1v) is 13.6. The van der Waals surface area contributed by atoms with Gasteiger partial charge in [0, 0.05) is 49.5 Å². The van der Waals surface area contributed by atoms with Gasteiger partial charge in [0.25, 0.3) is 0 Å². The SMILES string of the molecule is O=C(Cc1csc(-c2cccnc2)n1)N1CCN(S(=O)(=O)c2ccc3c(c2)CCCC3)CC1. The molecule has 2 aliphatic rings. The van der Waals surface area contributed by atoms with Crippen LogP contribution in [0.15, 0.2) is 53.0 Å². The lowest BCUT2D eigenvalue weighted by Crippen LogP contribution is -2.50. The Morgan fingerprint density at radius 3 is 2.58 bits per heavy atom. The molecule has 5 rings (SSSR count). The van der Waals surface area contributed by atoms with Crippen LogP contribution in [0.25, 0.3) is 10.6 Å². The maximum absolute atomic E-state index is 13.2. The van der Waals surface area contributed by atoms with Gasteiger partial charge in [0.2, 0.25) is 15.9 Å². The average Bonchev–Trinajstić information content (AvgIpc) is 3.33. The van der Waals surface area contributed by atoms with Gasteiger partial charge >= 0.3 is 0 Å². The number of piperazine rings is 1. The number of aryl methyl sites for hydroxylation is 2. The number of sulfonamides is 1. The Bertz CT molecular complexity index is 1250. The number of carbonyl (C=O) groups is 1. The molecular weight excluding hydrogens is 456 g/mol. The zero-order chi connectivity index (χ0) is 22.8. The van der Waals surface area contributed by atoms with Crippen molar-refractivity contribution >= 4 is 27.3 Å². The van der Waals surface area contributed by atoms with Gasteiger partial charge in [-0.2, -0.15) is 4.31 Å². The van der Waals surface area contributed by atoms with Gasteiger partial charge in [-0.15, -0.1) is 11.3 Å². The van der Waals surface area contributed by atoms with Gasteiger partial charge in [-0.3, -0.25) is 9.78 Å². The second-order valence-electron chi connectivity index (χ2n) is 8.48. The van der Waals surface area contributed by atoms with Crippen molar-refractivity contribution in [2.24, 2.45) is 0 Å². The molecular formula is C24H26N4O3S2. The number of hydrogen-bond donors (Lipinski definition) is 0. The monoisotopic (exact) mass is 482 g/mol. The van der Waals surface area contributed by atoms with Gasteiger partial charge in [0.15, 0.2) is 0 Å². The molecule has 7 nitrogen and oxygen atoms in total. The molecule has 1 aliphatic heterocycles. The number of carbonyl (C=O) groups excluding carboxylic acids is 1. The van der Waals surface area contributed by atoms with Crippen LogP contribution in [-0.2, 0) is 34.1 Å². The zero-order valence-corrected chi connectivity index (χ0v) is 19.9. The van der Waals surface area contributed by atoms with Crippen molar-refractivity contribution in [1.29, 1.82) is 0 Å². The first-order chi connectivity index (χ1) is 16.0. The summed E-state index contributed by atoms with van der Waals surface area (Å²) in [7, 11) is -3.55. The normalized spacial score (nSPS) is 17.0. The van der Waals surface area contributed by atoms with Gasteiger partial charge in [0.1, 0.15) is 5.01 Å². The van der Waals surface area contributed by atoms with Crippen molar-refractivity contribution in [3.05, 3.63) is 64.9 Å². The highest BCUT2D eigenvalue weighted by atomic mass is 32.2. The van der Waals surface area contributed by atoms with Crippen LogP contribution < -0.4 is 0 Å². The molecule has 1 amide bonds. The summed E-state index contributed by atoms with van der Waals surface area (Å²) in [5, 5.41) is 2.74. The predicted molar refractivity (Wildman–Crippen MR) is 127 cm³/mol. The van der Waals surface area contributed by atoms with E-state index in [-0.39, 0.29) is 12.3 Å². The number of aromatic nitrogens is 2. The molecule has 3 aromatic rings. The third kappa shape index (κ3) is 4.71. The van der Waals surface area contributed by atoms with Crippen molar-refractivity contribution in [1.82, 2.24) is 19.2 Å². The summed E-state index contributed by atoms with van der Waals surface area (Å²) in [6, 6.07) is 9.36. The van der Waals surface area contributed by atoms with Crippen LogP contribution in [0.2, 0.25) is 0 Å². The Morgan fingerprint density at radius 1 is 1.03 bits per heavy atom. The molecule has 0 atom stereocenters. The van der Waals surface area contributed by atoms with E-state index in [4.69, 9.17) is 0 Å². The summed E-state index contributed by atoms with van der Waals surface area (Å²) in [4.78, 5) is 23.6. The largest absolute Gasteiger partial charge is 0.340 e. The lowest BCUT2D eigenvalue weighted by Gasteiger charge is -2.34. The minimum absolute atomic E-state index is 0.0242. The molecule has 0 unspecified atom stereocenters. The standard InChI is InChI=1S/C24H26N4O3S2/c29-23(15-21-17-32-24(26-21)20-6-3-9-25-16-20)27-10-12-28(13-11-27)33(30,31)22-8-7-18-4-1-2-5-19(18)14-22/h3,6-9,14,16-17H,1-2,4-5,10-13,15H2. The number of benzene rings is 1. The maximum Gasteiger partial charge on any atom is 0.243 e. The fraction of sp³-hybridized carbons (Fsp3) is 0.375. The Balaban J connectivity index is 1.20. The molecule has 172 valence electrons. The maximum atomic E-state index is 13.2. The van der Waals surface area contributed by atoms with Crippen molar-refractivity contribution in [3.8, 4) is 10.6 Å². The number of pyridine rings is 1. The molecule has 0 N–H and O–H groups in total. The molecule has 0 saturated carbocycles. The summed E-state index contributed by atoms with van der Waals surface area (Å²) in [6.07, 6.45) is 7.94. The topological polar surface area (TPSA) is 83.5 Å². The van der Waals surface area contributed by atoms with E-state index in [2.05, 4.69) is 9.97 Å².